The number of imidazole rings is 1. The third-order valence-corrected chi connectivity index (χ3v) is 19.0. The van der Waals surface area contributed by atoms with Crippen LogP contribution in [0.2, 0.25) is 0 Å². The SMILES string of the molecule is Fc1ccc2c(c1)c1cc(F)ccc1n2-c1ccc(-c2cn3ccccc3c2-c2ccccc2)cc1.Fc1ccc2c(c1)c1cc(F)ccc1n2-c1ccc(-c2cn3ccccc3n2)cc1.Fc1ccc2c(c1)c1cc(F)ccc1n2-c1ccc(-c2nc(-c3ccccc3)nc(-c3ccccn3)n2)cc1. The Morgan fingerprint density at radius 1 is 0.248 bits per heavy atom. The minimum atomic E-state index is -0.367. The molecule has 502 valence electrons. The zero-order chi connectivity index (χ0) is 70.8. The van der Waals surface area contributed by atoms with Crippen LogP contribution in [0.4, 0.5) is 26.3 Å². The van der Waals surface area contributed by atoms with E-state index in [0.717, 1.165) is 100 Å². The fourth-order valence-electron chi connectivity index (χ4n) is 14.2. The molecule has 20 aromatic rings. The molecular weight excluding hydrogens is 1320 g/mol. The first kappa shape index (κ1) is 63.2. The molecule has 0 bridgehead atoms. The normalized spacial score (nSPS) is 11.5. The van der Waals surface area contributed by atoms with Gasteiger partial charge in [-0.3, -0.25) is 4.98 Å². The molecule has 9 aromatic heterocycles. The van der Waals surface area contributed by atoms with Crippen molar-refractivity contribution in [2.45, 2.75) is 0 Å². The summed E-state index contributed by atoms with van der Waals surface area (Å²) in [5.41, 5.74) is 18.4. The lowest BCUT2D eigenvalue weighted by Gasteiger charge is -2.10. The van der Waals surface area contributed by atoms with Crippen LogP contribution in [0.3, 0.4) is 0 Å². The molecule has 0 spiro atoms. The molecule has 0 saturated heterocycles. The van der Waals surface area contributed by atoms with Gasteiger partial charge in [0.05, 0.1) is 44.3 Å². The van der Waals surface area contributed by atoms with E-state index in [2.05, 4.69) is 92.0 Å². The van der Waals surface area contributed by atoms with E-state index in [4.69, 9.17) is 15.0 Å². The predicted octanol–water partition coefficient (Wildman–Crippen LogP) is 22.7. The van der Waals surface area contributed by atoms with Crippen LogP contribution >= 0.6 is 0 Å². The number of hydrogen-bond donors (Lipinski definition) is 0. The number of pyridine rings is 3. The monoisotopic (exact) mass is 1380 g/mol. The molecule has 0 aliphatic heterocycles. The zero-order valence-electron chi connectivity index (χ0n) is 55.4. The van der Waals surface area contributed by atoms with Crippen LogP contribution < -0.4 is 0 Å². The topological polar surface area (TPSA) is 88.1 Å². The largest absolute Gasteiger partial charge is 0.323 e. The first-order valence-electron chi connectivity index (χ1n) is 33.8. The number of benzene rings is 11. The fraction of sp³-hybridized carbons (Fsp3) is 0. The fourth-order valence-corrected chi connectivity index (χ4v) is 14.2. The molecule has 10 nitrogen and oxygen atoms in total. The van der Waals surface area contributed by atoms with Crippen molar-refractivity contribution in [2.75, 3.05) is 0 Å². The first-order valence-corrected chi connectivity index (χ1v) is 33.8. The minimum absolute atomic E-state index is 0.338. The summed E-state index contributed by atoms with van der Waals surface area (Å²) in [7, 11) is 0. The van der Waals surface area contributed by atoms with Crippen molar-refractivity contribution in [3.05, 3.63) is 363 Å². The van der Waals surface area contributed by atoms with Gasteiger partial charge in [0.1, 0.15) is 46.2 Å². The Hall–Kier alpha value is -14.0. The molecule has 0 aliphatic carbocycles. The van der Waals surface area contributed by atoms with Gasteiger partial charge in [0.2, 0.25) is 0 Å². The van der Waals surface area contributed by atoms with Gasteiger partial charge in [0.15, 0.2) is 17.5 Å². The van der Waals surface area contributed by atoms with E-state index in [9.17, 15) is 26.3 Å². The second kappa shape index (κ2) is 26.2. The molecule has 9 heterocycles. The highest BCUT2D eigenvalue weighted by atomic mass is 19.1. The summed E-state index contributed by atoms with van der Waals surface area (Å²) in [6, 6.07) is 89.8. The average Bonchev–Trinajstić information content (AvgIpc) is 1.61. The van der Waals surface area contributed by atoms with Crippen LogP contribution in [0.25, 0.3) is 161 Å². The van der Waals surface area contributed by atoms with Gasteiger partial charge < -0.3 is 22.5 Å². The Kier molecular flexibility index (Phi) is 15.8. The Morgan fingerprint density at radius 2 is 0.619 bits per heavy atom. The van der Waals surface area contributed by atoms with Crippen molar-refractivity contribution in [1.29, 1.82) is 0 Å². The van der Waals surface area contributed by atoms with E-state index < -0.39 is 0 Å². The molecule has 0 N–H and O–H groups in total. The van der Waals surface area contributed by atoms with Crippen molar-refractivity contribution >= 4 is 76.6 Å². The summed E-state index contributed by atoms with van der Waals surface area (Å²) in [4.78, 5) is 23.3. The summed E-state index contributed by atoms with van der Waals surface area (Å²) in [6.45, 7) is 0. The van der Waals surface area contributed by atoms with Crippen molar-refractivity contribution in [3.8, 4) is 84.9 Å². The van der Waals surface area contributed by atoms with E-state index in [1.54, 1.807) is 42.6 Å². The molecule has 0 saturated carbocycles. The maximum Gasteiger partial charge on any atom is 0.182 e. The van der Waals surface area contributed by atoms with Gasteiger partial charge in [-0.05, 0) is 205 Å². The highest BCUT2D eigenvalue weighted by molar-refractivity contribution is 6.11. The molecule has 0 atom stereocenters. The Bertz CT molecular complexity index is 6440. The molecule has 0 fully saturated rings. The lowest BCUT2D eigenvalue weighted by Crippen LogP contribution is -2.01. The molecule has 16 heteroatoms. The van der Waals surface area contributed by atoms with Gasteiger partial charge in [0, 0.05) is 108 Å². The summed E-state index contributed by atoms with van der Waals surface area (Å²) in [5, 5.41) is 4.07. The van der Waals surface area contributed by atoms with Crippen LogP contribution in [-0.4, -0.2) is 47.4 Å². The van der Waals surface area contributed by atoms with E-state index in [-0.39, 0.29) is 34.9 Å². The van der Waals surface area contributed by atoms with Crippen LogP contribution in [0, 0.1) is 34.9 Å². The Labute approximate surface area is 595 Å². The number of nitrogens with zero attached hydrogens (tertiary/aromatic N) is 10. The van der Waals surface area contributed by atoms with Crippen LogP contribution in [0.1, 0.15) is 0 Å². The number of halogens is 6. The summed E-state index contributed by atoms with van der Waals surface area (Å²) in [5.74, 6) is -0.538. The molecular formula is C89H54F6N10. The van der Waals surface area contributed by atoms with Gasteiger partial charge in [-0.2, -0.15) is 0 Å². The smallest absolute Gasteiger partial charge is 0.182 e. The second-order valence-corrected chi connectivity index (χ2v) is 25.4. The maximum absolute atomic E-state index is 14.1. The van der Waals surface area contributed by atoms with Crippen molar-refractivity contribution in [3.63, 3.8) is 0 Å². The summed E-state index contributed by atoms with van der Waals surface area (Å²) in [6.07, 6.45) is 9.90. The zero-order valence-corrected chi connectivity index (χ0v) is 55.4. The number of fused-ring (bicyclic) bond motifs is 11. The van der Waals surface area contributed by atoms with Crippen LogP contribution in [-0.2, 0) is 0 Å². The van der Waals surface area contributed by atoms with Crippen molar-refractivity contribution in [1.82, 2.24) is 47.4 Å². The third-order valence-electron chi connectivity index (χ3n) is 19.0. The standard InChI is InChI=1S/C32H19F2N5.C32H20F2N2.C25H15F2N3/c33-22-11-15-28-25(18-22)26-19-23(34)12-16-29(26)39(28)24-13-9-21(10-14-24)31-36-30(20-6-2-1-3-7-20)37-32(38-31)27-8-4-5-17-35-27;33-23-11-15-29-26(18-23)27-19-24(34)12-16-30(27)36(29)25-13-9-21(10-14-25)28-20-35-17-5-4-8-31(35)32(28)22-6-2-1-3-7-22;26-17-6-10-23-20(13-17)21-14-18(27)7-11-24(21)30(23)19-8-4-16(5-9-19)22-15-29-12-2-1-3-25(29)28-22/h1-19H;1-20H;1-15H. The molecule has 0 unspecified atom stereocenters. The first-order chi connectivity index (χ1) is 51.5. The Morgan fingerprint density at radius 3 is 1.05 bits per heavy atom. The number of aromatic nitrogens is 10. The van der Waals surface area contributed by atoms with Gasteiger partial charge >= 0.3 is 0 Å². The van der Waals surface area contributed by atoms with E-state index in [0.29, 0.717) is 55.5 Å². The number of rotatable bonds is 9. The van der Waals surface area contributed by atoms with E-state index in [1.807, 2.05) is 153 Å². The molecule has 0 radical (unpaired) electrons. The third kappa shape index (κ3) is 11.7. The number of hydrogen-bond acceptors (Lipinski definition) is 5. The molecule has 20 rings (SSSR count). The summed E-state index contributed by atoms with van der Waals surface area (Å²) < 4.78 is 94.4. The van der Waals surface area contributed by atoms with Crippen molar-refractivity contribution < 1.29 is 26.3 Å². The molecule has 11 aromatic carbocycles. The second-order valence-electron chi connectivity index (χ2n) is 25.4. The van der Waals surface area contributed by atoms with Gasteiger partial charge in [-0.15, -0.1) is 0 Å². The minimum Gasteiger partial charge on any atom is -0.323 e. The summed E-state index contributed by atoms with van der Waals surface area (Å²) >= 11 is 0. The Balaban J connectivity index is 0.000000113. The van der Waals surface area contributed by atoms with Gasteiger partial charge in [-0.25, -0.2) is 46.3 Å². The van der Waals surface area contributed by atoms with Gasteiger partial charge in [-0.1, -0.05) is 103 Å². The predicted molar refractivity (Wildman–Crippen MR) is 406 cm³/mol. The molecule has 105 heavy (non-hydrogen) atoms. The van der Waals surface area contributed by atoms with E-state index in [1.165, 1.54) is 78.4 Å². The molecule has 0 amide bonds. The van der Waals surface area contributed by atoms with E-state index >= 15 is 0 Å². The quantitative estimate of drug-likeness (QED) is 0.134. The molecule has 0 aliphatic rings. The average molecular weight is 1380 g/mol. The lowest BCUT2D eigenvalue weighted by molar-refractivity contribution is 0.628. The van der Waals surface area contributed by atoms with Gasteiger partial charge in [0.25, 0.3) is 0 Å². The lowest BCUT2D eigenvalue weighted by atomic mass is 9.97. The maximum atomic E-state index is 14.1. The van der Waals surface area contributed by atoms with Crippen molar-refractivity contribution in [2.24, 2.45) is 0 Å². The highest BCUT2D eigenvalue weighted by Gasteiger charge is 2.21. The van der Waals surface area contributed by atoms with Crippen LogP contribution in [0.5, 0.6) is 0 Å². The highest BCUT2D eigenvalue weighted by Crippen LogP contribution is 2.41. The van der Waals surface area contributed by atoms with Crippen LogP contribution in [0.15, 0.2) is 328 Å².